The minimum atomic E-state index is -0.384. The van der Waals surface area contributed by atoms with Gasteiger partial charge in [-0.1, -0.05) is 0 Å². The molecule has 5 nitrogen and oxygen atoms in total. The van der Waals surface area contributed by atoms with Crippen molar-refractivity contribution in [3.63, 3.8) is 0 Å². The Morgan fingerprint density at radius 3 is 2.87 bits per heavy atom. The average molecular weight is 230 g/mol. The SMILES string of the molecule is Cn1cc(C(=O)NCCCC(=O)Cl)cn1. The van der Waals surface area contributed by atoms with E-state index in [1.807, 2.05) is 0 Å². The first-order valence-corrected chi connectivity index (χ1v) is 4.92. The van der Waals surface area contributed by atoms with Crippen molar-refractivity contribution in [1.29, 1.82) is 0 Å². The number of nitrogens with zero attached hydrogens (tertiary/aromatic N) is 2. The number of aryl methyl sites for hydroxylation is 1. The van der Waals surface area contributed by atoms with Crippen molar-refractivity contribution in [3.8, 4) is 0 Å². The molecular weight excluding hydrogens is 218 g/mol. The van der Waals surface area contributed by atoms with Crippen molar-refractivity contribution in [1.82, 2.24) is 15.1 Å². The molecule has 0 aliphatic carbocycles. The van der Waals surface area contributed by atoms with Gasteiger partial charge in [-0.05, 0) is 18.0 Å². The minimum Gasteiger partial charge on any atom is -0.352 e. The zero-order chi connectivity index (χ0) is 11.3. The highest BCUT2D eigenvalue weighted by Crippen LogP contribution is 1.97. The van der Waals surface area contributed by atoms with Crippen LogP contribution in [0.3, 0.4) is 0 Å². The van der Waals surface area contributed by atoms with Gasteiger partial charge in [-0.2, -0.15) is 5.10 Å². The second-order valence-corrected chi connectivity index (χ2v) is 3.54. The standard InChI is InChI=1S/C9H12ClN3O2/c1-13-6-7(5-12-13)9(15)11-4-2-3-8(10)14/h5-6H,2-4H2,1H3,(H,11,15). The number of hydrogen-bond donors (Lipinski definition) is 1. The van der Waals surface area contributed by atoms with Crippen molar-refractivity contribution in [3.05, 3.63) is 18.0 Å². The second kappa shape index (κ2) is 5.50. The molecule has 1 rings (SSSR count). The molecule has 82 valence electrons. The number of rotatable bonds is 5. The van der Waals surface area contributed by atoms with Gasteiger partial charge < -0.3 is 5.32 Å². The molecule has 0 fully saturated rings. The van der Waals surface area contributed by atoms with Crippen LogP contribution in [0.15, 0.2) is 12.4 Å². The van der Waals surface area contributed by atoms with Gasteiger partial charge in [0.1, 0.15) is 0 Å². The maximum Gasteiger partial charge on any atom is 0.254 e. The molecule has 1 aromatic rings. The van der Waals surface area contributed by atoms with E-state index in [0.29, 0.717) is 18.5 Å². The van der Waals surface area contributed by atoms with Gasteiger partial charge >= 0.3 is 0 Å². The number of halogens is 1. The van der Waals surface area contributed by atoms with E-state index < -0.39 is 0 Å². The maximum atomic E-state index is 11.4. The van der Waals surface area contributed by atoms with E-state index in [1.54, 1.807) is 17.9 Å². The van der Waals surface area contributed by atoms with E-state index in [2.05, 4.69) is 10.4 Å². The molecule has 0 radical (unpaired) electrons. The number of hydrogen-bond acceptors (Lipinski definition) is 3. The summed E-state index contributed by atoms with van der Waals surface area (Å²) in [5.41, 5.74) is 0.509. The summed E-state index contributed by atoms with van der Waals surface area (Å²) in [6.07, 6.45) is 3.94. The van der Waals surface area contributed by atoms with Crippen molar-refractivity contribution in [2.75, 3.05) is 6.54 Å². The molecule has 0 aromatic carbocycles. The molecule has 0 saturated heterocycles. The summed E-state index contributed by atoms with van der Waals surface area (Å²) in [4.78, 5) is 21.8. The Balaban J connectivity index is 2.28. The van der Waals surface area contributed by atoms with Crippen LogP contribution in [0.4, 0.5) is 0 Å². The fraction of sp³-hybridized carbons (Fsp3) is 0.444. The third kappa shape index (κ3) is 4.12. The monoisotopic (exact) mass is 229 g/mol. The Morgan fingerprint density at radius 1 is 1.60 bits per heavy atom. The van der Waals surface area contributed by atoms with E-state index in [-0.39, 0.29) is 17.6 Å². The first kappa shape index (κ1) is 11.7. The third-order valence-corrected chi connectivity index (χ3v) is 1.99. The van der Waals surface area contributed by atoms with Crippen LogP contribution in [-0.2, 0) is 11.8 Å². The Morgan fingerprint density at radius 2 is 2.33 bits per heavy atom. The van der Waals surface area contributed by atoms with Crippen molar-refractivity contribution in [2.45, 2.75) is 12.8 Å². The highest BCUT2D eigenvalue weighted by atomic mass is 35.5. The lowest BCUT2D eigenvalue weighted by molar-refractivity contribution is -0.111. The number of aromatic nitrogens is 2. The zero-order valence-corrected chi connectivity index (χ0v) is 9.12. The molecule has 1 aromatic heterocycles. The average Bonchev–Trinajstić information content (AvgIpc) is 2.59. The third-order valence-electron chi connectivity index (χ3n) is 1.80. The number of amides is 1. The molecule has 0 atom stereocenters. The van der Waals surface area contributed by atoms with Crippen LogP contribution in [0, 0.1) is 0 Å². The zero-order valence-electron chi connectivity index (χ0n) is 8.36. The van der Waals surface area contributed by atoms with Gasteiger partial charge in [0.2, 0.25) is 5.24 Å². The summed E-state index contributed by atoms with van der Waals surface area (Å²) in [7, 11) is 1.74. The van der Waals surface area contributed by atoms with Crippen LogP contribution in [0.2, 0.25) is 0 Å². The summed E-state index contributed by atoms with van der Waals surface area (Å²) in [5.74, 6) is -0.190. The van der Waals surface area contributed by atoms with Crippen molar-refractivity contribution < 1.29 is 9.59 Å². The molecule has 1 amide bonds. The lowest BCUT2D eigenvalue weighted by atomic mass is 10.3. The maximum absolute atomic E-state index is 11.4. The largest absolute Gasteiger partial charge is 0.352 e. The van der Waals surface area contributed by atoms with E-state index >= 15 is 0 Å². The van der Waals surface area contributed by atoms with E-state index in [0.717, 1.165) is 0 Å². The van der Waals surface area contributed by atoms with Gasteiger partial charge in [0.15, 0.2) is 0 Å². The molecule has 0 unspecified atom stereocenters. The van der Waals surface area contributed by atoms with E-state index in [9.17, 15) is 9.59 Å². The van der Waals surface area contributed by atoms with Crippen LogP contribution in [0.5, 0.6) is 0 Å². The van der Waals surface area contributed by atoms with Gasteiger partial charge in [-0.25, -0.2) is 0 Å². The predicted molar refractivity (Wildman–Crippen MR) is 55.6 cm³/mol. The number of carbonyl (C=O) groups excluding carboxylic acids is 2. The Labute approximate surface area is 92.4 Å². The van der Waals surface area contributed by atoms with Gasteiger partial charge in [0, 0.05) is 26.2 Å². The van der Waals surface area contributed by atoms with Gasteiger partial charge in [-0.3, -0.25) is 14.3 Å². The topological polar surface area (TPSA) is 64.0 Å². The molecule has 6 heteroatoms. The van der Waals surface area contributed by atoms with E-state index in [4.69, 9.17) is 11.6 Å². The minimum absolute atomic E-state index is 0.190. The molecule has 1 heterocycles. The lowest BCUT2D eigenvalue weighted by Gasteiger charge is -2.00. The molecule has 0 aliphatic rings. The molecule has 15 heavy (non-hydrogen) atoms. The number of carbonyl (C=O) groups is 2. The van der Waals surface area contributed by atoms with Crippen LogP contribution >= 0.6 is 11.6 Å². The normalized spacial score (nSPS) is 10.0. The summed E-state index contributed by atoms with van der Waals surface area (Å²) < 4.78 is 1.55. The van der Waals surface area contributed by atoms with Crippen LogP contribution < -0.4 is 5.32 Å². The molecule has 1 N–H and O–H groups in total. The summed E-state index contributed by atoms with van der Waals surface area (Å²) in [5, 5.41) is 6.16. The van der Waals surface area contributed by atoms with Gasteiger partial charge in [0.25, 0.3) is 5.91 Å². The van der Waals surface area contributed by atoms with Crippen molar-refractivity contribution >= 4 is 22.8 Å². The van der Waals surface area contributed by atoms with Crippen LogP contribution in [0.1, 0.15) is 23.2 Å². The first-order valence-electron chi connectivity index (χ1n) is 4.55. The van der Waals surface area contributed by atoms with Crippen LogP contribution in [0.25, 0.3) is 0 Å². The lowest BCUT2D eigenvalue weighted by Crippen LogP contribution is -2.24. The Kier molecular flexibility index (Phi) is 4.30. The van der Waals surface area contributed by atoms with Gasteiger partial charge in [-0.15, -0.1) is 0 Å². The smallest absolute Gasteiger partial charge is 0.254 e. The Bertz CT molecular complexity index is 362. The first-order chi connectivity index (χ1) is 7.09. The molecule has 0 bridgehead atoms. The number of nitrogens with one attached hydrogen (secondary N) is 1. The molecule has 0 aliphatic heterocycles. The highest BCUT2D eigenvalue weighted by Gasteiger charge is 2.06. The molecule has 0 spiro atoms. The fourth-order valence-electron chi connectivity index (χ4n) is 1.07. The predicted octanol–water partition coefficient (Wildman–Crippen LogP) is 0.696. The van der Waals surface area contributed by atoms with Crippen LogP contribution in [-0.4, -0.2) is 27.5 Å². The summed E-state index contributed by atoms with van der Waals surface area (Å²) >= 11 is 5.15. The van der Waals surface area contributed by atoms with Gasteiger partial charge in [0.05, 0.1) is 11.8 Å². The summed E-state index contributed by atoms with van der Waals surface area (Å²) in [6, 6.07) is 0. The molecule has 0 saturated carbocycles. The Hall–Kier alpha value is -1.36. The highest BCUT2D eigenvalue weighted by molar-refractivity contribution is 6.63. The quantitative estimate of drug-likeness (QED) is 0.597. The van der Waals surface area contributed by atoms with Crippen molar-refractivity contribution in [2.24, 2.45) is 7.05 Å². The second-order valence-electron chi connectivity index (χ2n) is 3.12. The summed E-state index contributed by atoms with van der Waals surface area (Å²) in [6.45, 7) is 0.437. The molecular formula is C9H12ClN3O2. The fourth-order valence-corrected chi connectivity index (χ4v) is 1.20. The van der Waals surface area contributed by atoms with E-state index in [1.165, 1.54) is 6.20 Å².